The molecule has 0 radical (unpaired) electrons. The summed E-state index contributed by atoms with van der Waals surface area (Å²) >= 11 is 1.16. The molecular weight excluding hydrogens is 400 g/mol. The molecule has 0 bridgehead atoms. The van der Waals surface area contributed by atoms with Crippen molar-refractivity contribution >= 4 is 34.0 Å². The molecule has 0 unspecified atom stereocenters. The van der Waals surface area contributed by atoms with Gasteiger partial charge in [-0.1, -0.05) is 17.3 Å². The largest absolute Gasteiger partial charge is 0.368 e. The highest BCUT2D eigenvalue weighted by atomic mass is 32.1. The van der Waals surface area contributed by atoms with E-state index in [0.717, 1.165) is 48.7 Å². The van der Waals surface area contributed by atoms with Crippen LogP contribution in [0.15, 0.2) is 29.3 Å². The van der Waals surface area contributed by atoms with Crippen molar-refractivity contribution in [3.63, 3.8) is 0 Å². The van der Waals surface area contributed by atoms with Gasteiger partial charge in [-0.25, -0.2) is 4.98 Å². The van der Waals surface area contributed by atoms with E-state index in [2.05, 4.69) is 19.5 Å². The van der Waals surface area contributed by atoms with E-state index in [1.54, 1.807) is 6.33 Å². The number of fused-ring (bicyclic) bond motifs is 1. The van der Waals surface area contributed by atoms with Gasteiger partial charge in [-0.2, -0.15) is 0 Å². The van der Waals surface area contributed by atoms with Crippen LogP contribution in [-0.2, 0) is 0 Å². The Morgan fingerprint density at radius 1 is 1.13 bits per heavy atom. The van der Waals surface area contributed by atoms with Crippen molar-refractivity contribution < 1.29 is 4.79 Å². The van der Waals surface area contributed by atoms with Crippen LogP contribution in [0.4, 0.5) is 5.69 Å². The molecule has 1 aliphatic heterocycles. The molecule has 0 N–H and O–H groups in total. The lowest BCUT2D eigenvalue weighted by Gasteiger charge is -2.36. The van der Waals surface area contributed by atoms with E-state index in [4.69, 9.17) is 0 Å². The van der Waals surface area contributed by atoms with Gasteiger partial charge < -0.3 is 9.80 Å². The van der Waals surface area contributed by atoms with Crippen LogP contribution in [0.1, 0.15) is 47.1 Å². The lowest BCUT2D eigenvalue weighted by molar-refractivity contribution is 0.0750. The van der Waals surface area contributed by atoms with Gasteiger partial charge in [0.05, 0.1) is 22.9 Å². The van der Waals surface area contributed by atoms with Gasteiger partial charge in [0, 0.05) is 37.9 Å². The van der Waals surface area contributed by atoms with Crippen LogP contribution in [0.5, 0.6) is 0 Å². The lowest BCUT2D eigenvalue weighted by atomic mass is 10.1. The molecule has 5 rings (SSSR count). The second kappa shape index (κ2) is 7.79. The summed E-state index contributed by atoms with van der Waals surface area (Å²) in [5.74, 6) is 0.00907. The van der Waals surface area contributed by atoms with E-state index in [-0.39, 0.29) is 17.5 Å². The molecule has 1 amide bonds. The minimum Gasteiger partial charge on any atom is -0.368 e. The van der Waals surface area contributed by atoms with Crippen molar-refractivity contribution in [1.82, 2.24) is 24.0 Å². The Morgan fingerprint density at radius 3 is 2.60 bits per heavy atom. The molecule has 1 saturated carbocycles. The summed E-state index contributed by atoms with van der Waals surface area (Å²) < 4.78 is 5.68. The van der Waals surface area contributed by atoms with Crippen LogP contribution in [0.3, 0.4) is 0 Å². The monoisotopic (exact) mass is 424 g/mol. The van der Waals surface area contributed by atoms with Crippen LogP contribution in [0, 0.1) is 6.92 Å². The zero-order chi connectivity index (χ0) is 20.7. The molecule has 2 aromatic heterocycles. The van der Waals surface area contributed by atoms with Gasteiger partial charge >= 0.3 is 0 Å². The summed E-state index contributed by atoms with van der Waals surface area (Å²) in [6.45, 7) is 4.58. The quantitative estimate of drug-likeness (QED) is 0.643. The normalized spacial score (nSPS) is 17.8. The number of benzene rings is 1. The lowest BCUT2D eigenvalue weighted by Crippen LogP contribution is -2.48. The highest BCUT2D eigenvalue weighted by Gasteiger charge is 2.25. The average Bonchev–Trinajstić information content (AvgIpc) is 3.45. The fourth-order valence-electron chi connectivity index (χ4n) is 4.50. The number of hydrogen-bond donors (Lipinski definition) is 0. The Kier molecular flexibility index (Phi) is 4.98. The number of anilines is 1. The number of aryl methyl sites for hydroxylation is 1. The molecule has 9 heteroatoms. The van der Waals surface area contributed by atoms with Gasteiger partial charge in [0.2, 0.25) is 0 Å². The zero-order valence-corrected chi connectivity index (χ0v) is 17.8. The van der Waals surface area contributed by atoms with Gasteiger partial charge in [-0.15, -0.1) is 5.10 Å². The molecule has 3 aromatic rings. The molecule has 1 aliphatic carbocycles. The number of carbonyl (C=O) groups is 1. The Balaban J connectivity index is 1.32. The van der Waals surface area contributed by atoms with Crippen molar-refractivity contribution in [2.75, 3.05) is 31.1 Å². The van der Waals surface area contributed by atoms with E-state index in [1.165, 1.54) is 12.8 Å². The topological polar surface area (TPSA) is 84.2 Å². The number of rotatable bonds is 3. The summed E-state index contributed by atoms with van der Waals surface area (Å²) in [5.41, 5.74) is 2.52. The molecule has 0 spiro atoms. The van der Waals surface area contributed by atoms with Gasteiger partial charge in [0.15, 0.2) is 0 Å². The second-order valence-electron chi connectivity index (χ2n) is 8.06. The maximum absolute atomic E-state index is 12.9. The Morgan fingerprint density at radius 2 is 1.90 bits per heavy atom. The first-order valence-electron chi connectivity index (χ1n) is 10.5. The minimum atomic E-state index is 0.00907. The van der Waals surface area contributed by atoms with Crippen molar-refractivity contribution in [2.24, 2.45) is 0 Å². The molecule has 3 heterocycles. The summed E-state index contributed by atoms with van der Waals surface area (Å²) in [4.78, 5) is 34.9. The third kappa shape index (κ3) is 3.36. The summed E-state index contributed by atoms with van der Waals surface area (Å²) in [6.07, 6.45) is 6.20. The molecule has 2 fully saturated rings. The smallest absolute Gasteiger partial charge is 0.267 e. The number of nitrogens with zero attached hydrogens (tertiary/aromatic N) is 6. The SMILES string of the molecule is Cc1nnsc1C(=O)N1CCN(c2ccc3c(=O)n(C4CCCC4)cnc3c2)CC1. The molecule has 0 atom stereocenters. The molecule has 8 nitrogen and oxygen atoms in total. The molecule has 156 valence electrons. The van der Waals surface area contributed by atoms with Crippen molar-refractivity contribution in [2.45, 2.75) is 38.6 Å². The van der Waals surface area contributed by atoms with Gasteiger partial charge in [0.25, 0.3) is 11.5 Å². The number of hydrogen-bond acceptors (Lipinski definition) is 7. The van der Waals surface area contributed by atoms with E-state index >= 15 is 0 Å². The standard InChI is InChI=1S/C21H24N6O2S/c1-14-19(30-24-23-14)21(29)26-10-8-25(9-11-26)16-6-7-17-18(12-16)22-13-27(20(17)28)15-4-2-3-5-15/h6-7,12-13,15H,2-5,8-11H2,1H3. The molecule has 2 aliphatic rings. The summed E-state index contributed by atoms with van der Waals surface area (Å²) in [5, 5.41) is 4.61. The summed E-state index contributed by atoms with van der Waals surface area (Å²) in [7, 11) is 0. The van der Waals surface area contributed by atoms with Crippen LogP contribution in [-0.4, -0.2) is 56.1 Å². The first-order valence-corrected chi connectivity index (χ1v) is 11.2. The maximum Gasteiger partial charge on any atom is 0.267 e. The van der Waals surface area contributed by atoms with Crippen LogP contribution in [0.25, 0.3) is 10.9 Å². The van der Waals surface area contributed by atoms with Crippen molar-refractivity contribution in [3.8, 4) is 0 Å². The van der Waals surface area contributed by atoms with Crippen LogP contribution >= 0.6 is 11.5 Å². The molecule has 30 heavy (non-hydrogen) atoms. The first kappa shape index (κ1) is 19.2. The van der Waals surface area contributed by atoms with Crippen LogP contribution < -0.4 is 10.5 Å². The Bertz CT molecular complexity index is 1140. The van der Waals surface area contributed by atoms with Gasteiger partial charge in [-0.3, -0.25) is 14.2 Å². The predicted molar refractivity (Wildman–Crippen MR) is 116 cm³/mol. The third-order valence-corrected chi connectivity index (χ3v) is 7.08. The highest BCUT2D eigenvalue weighted by molar-refractivity contribution is 7.07. The fraction of sp³-hybridized carbons (Fsp3) is 0.476. The van der Waals surface area contributed by atoms with E-state index in [9.17, 15) is 9.59 Å². The molecule has 1 saturated heterocycles. The van der Waals surface area contributed by atoms with Crippen molar-refractivity contribution in [1.29, 1.82) is 0 Å². The van der Waals surface area contributed by atoms with Gasteiger partial charge in [0.1, 0.15) is 4.88 Å². The van der Waals surface area contributed by atoms with Crippen LogP contribution in [0.2, 0.25) is 0 Å². The second-order valence-corrected chi connectivity index (χ2v) is 8.82. The molecular formula is C21H24N6O2S. The molecule has 1 aromatic carbocycles. The van der Waals surface area contributed by atoms with Gasteiger partial charge in [-0.05, 0) is 49.5 Å². The number of carbonyl (C=O) groups excluding carboxylic acids is 1. The zero-order valence-electron chi connectivity index (χ0n) is 17.0. The third-order valence-electron chi connectivity index (χ3n) is 6.26. The van der Waals surface area contributed by atoms with Crippen molar-refractivity contribution in [3.05, 3.63) is 45.5 Å². The van der Waals surface area contributed by atoms with E-state index < -0.39 is 0 Å². The predicted octanol–water partition coefficient (Wildman–Crippen LogP) is 2.63. The summed E-state index contributed by atoms with van der Waals surface area (Å²) in [6, 6.07) is 6.18. The number of amides is 1. The number of piperazine rings is 1. The first-order chi connectivity index (χ1) is 14.6. The minimum absolute atomic E-state index is 0.00907. The Hall–Kier alpha value is -2.81. The highest BCUT2D eigenvalue weighted by Crippen LogP contribution is 2.29. The Labute approximate surface area is 178 Å². The maximum atomic E-state index is 12.9. The average molecular weight is 425 g/mol. The number of aromatic nitrogens is 4. The van der Waals surface area contributed by atoms with E-state index in [1.807, 2.05) is 34.6 Å². The fourth-order valence-corrected chi connectivity index (χ4v) is 5.13. The van der Waals surface area contributed by atoms with E-state index in [0.29, 0.717) is 29.0 Å².